The molecule has 0 radical (unpaired) electrons. The van der Waals surface area contributed by atoms with Gasteiger partial charge in [-0.2, -0.15) is 13.2 Å². The van der Waals surface area contributed by atoms with Crippen molar-refractivity contribution < 1.29 is 26.5 Å². The number of rotatable bonds is 4. The second-order valence-electron chi connectivity index (χ2n) is 6.53. The second kappa shape index (κ2) is 7.50. The first-order valence-electron chi connectivity index (χ1n) is 8.49. The molecule has 1 aliphatic rings. The van der Waals surface area contributed by atoms with Crippen LogP contribution >= 0.6 is 0 Å². The Morgan fingerprint density at radius 2 is 1.72 bits per heavy atom. The Hall–Kier alpha value is -2.89. The fourth-order valence-electron chi connectivity index (χ4n) is 3.21. The van der Waals surface area contributed by atoms with Gasteiger partial charge in [-0.3, -0.25) is 10.1 Å². The Bertz CT molecular complexity index is 1040. The molecule has 3 rings (SSSR count). The SMILES string of the molecule is CS(=O)(=O)c1cccnc1N1CCN(c2ccc([N+](=O)[O-])cc2C(F)(F)F)CC1. The minimum atomic E-state index is -4.75. The lowest BCUT2D eigenvalue weighted by Crippen LogP contribution is -2.47. The standard InChI is InChI=1S/C17H17F3N4O4S/c1-29(27,28)15-3-2-6-21-16(15)23-9-7-22(8-10-23)14-5-4-12(24(25)26)11-13(14)17(18,19)20/h2-6,11H,7-10H2,1H3. The van der Waals surface area contributed by atoms with Gasteiger partial charge in [0.05, 0.1) is 10.5 Å². The van der Waals surface area contributed by atoms with Crippen molar-refractivity contribution in [3.05, 3.63) is 52.2 Å². The van der Waals surface area contributed by atoms with E-state index >= 15 is 0 Å². The summed E-state index contributed by atoms with van der Waals surface area (Å²) >= 11 is 0. The van der Waals surface area contributed by atoms with Crippen LogP contribution in [0, 0.1) is 10.1 Å². The first-order chi connectivity index (χ1) is 13.5. The lowest BCUT2D eigenvalue weighted by molar-refractivity contribution is -0.385. The molecule has 0 spiro atoms. The van der Waals surface area contributed by atoms with Gasteiger partial charge in [0, 0.05) is 56.5 Å². The van der Waals surface area contributed by atoms with Crippen LogP contribution in [0.1, 0.15) is 5.56 Å². The topological polar surface area (TPSA) is 96.7 Å². The summed E-state index contributed by atoms with van der Waals surface area (Å²) in [4.78, 5) is 17.3. The monoisotopic (exact) mass is 430 g/mol. The molecule has 1 saturated heterocycles. The van der Waals surface area contributed by atoms with E-state index in [-0.39, 0.29) is 42.6 Å². The maximum Gasteiger partial charge on any atom is 0.418 e. The normalized spacial score (nSPS) is 15.4. The third kappa shape index (κ3) is 4.42. The molecule has 1 fully saturated rings. The Kier molecular flexibility index (Phi) is 5.39. The van der Waals surface area contributed by atoms with E-state index < -0.39 is 32.2 Å². The number of non-ortho nitro benzene ring substituents is 1. The lowest BCUT2D eigenvalue weighted by atomic mass is 10.1. The van der Waals surface area contributed by atoms with Crippen molar-refractivity contribution in [2.75, 3.05) is 42.2 Å². The van der Waals surface area contributed by atoms with Crippen LogP contribution in [0.25, 0.3) is 0 Å². The Morgan fingerprint density at radius 1 is 1.10 bits per heavy atom. The third-order valence-corrected chi connectivity index (χ3v) is 5.68. The van der Waals surface area contributed by atoms with Gasteiger partial charge in [0.1, 0.15) is 10.7 Å². The molecule has 2 heterocycles. The molecule has 29 heavy (non-hydrogen) atoms. The van der Waals surface area contributed by atoms with E-state index in [1.54, 1.807) is 4.90 Å². The number of nitro groups is 1. The zero-order valence-electron chi connectivity index (χ0n) is 15.3. The zero-order valence-corrected chi connectivity index (χ0v) is 16.1. The molecular weight excluding hydrogens is 413 g/mol. The summed E-state index contributed by atoms with van der Waals surface area (Å²) in [6.07, 6.45) is -2.23. The van der Waals surface area contributed by atoms with Crippen LogP contribution in [0.2, 0.25) is 0 Å². The molecule has 0 unspecified atom stereocenters. The number of halogens is 3. The number of anilines is 2. The predicted molar refractivity (Wildman–Crippen MR) is 99.9 cm³/mol. The van der Waals surface area contributed by atoms with Crippen molar-refractivity contribution in [3.63, 3.8) is 0 Å². The third-order valence-electron chi connectivity index (χ3n) is 4.57. The van der Waals surface area contributed by atoms with E-state index in [0.717, 1.165) is 18.4 Å². The number of benzene rings is 1. The number of aromatic nitrogens is 1. The van der Waals surface area contributed by atoms with Gasteiger partial charge in [0.2, 0.25) is 0 Å². The number of piperazine rings is 1. The average molecular weight is 430 g/mol. The summed E-state index contributed by atoms with van der Waals surface area (Å²) in [7, 11) is -3.52. The number of sulfone groups is 1. The molecule has 0 saturated carbocycles. The van der Waals surface area contributed by atoms with Gasteiger partial charge >= 0.3 is 6.18 Å². The van der Waals surface area contributed by atoms with Crippen LogP contribution in [0.3, 0.4) is 0 Å². The molecule has 12 heteroatoms. The Labute approximate surface area is 164 Å². The molecule has 1 aliphatic heterocycles. The highest BCUT2D eigenvalue weighted by Gasteiger charge is 2.37. The number of alkyl halides is 3. The highest BCUT2D eigenvalue weighted by atomic mass is 32.2. The Morgan fingerprint density at radius 3 is 2.28 bits per heavy atom. The van der Waals surface area contributed by atoms with Gasteiger partial charge in [-0.25, -0.2) is 13.4 Å². The molecule has 0 aliphatic carbocycles. The van der Waals surface area contributed by atoms with Gasteiger partial charge in [-0.05, 0) is 18.2 Å². The number of hydrogen-bond acceptors (Lipinski definition) is 7. The fourth-order valence-corrected chi connectivity index (χ4v) is 4.05. The minimum Gasteiger partial charge on any atom is -0.367 e. The molecular formula is C17H17F3N4O4S. The van der Waals surface area contributed by atoms with Crippen LogP contribution in [-0.2, 0) is 16.0 Å². The van der Waals surface area contributed by atoms with Crippen LogP contribution in [0.4, 0.5) is 30.4 Å². The van der Waals surface area contributed by atoms with Crippen molar-refractivity contribution >= 4 is 27.0 Å². The zero-order chi connectivity index (χ0) is 21.4. The first kappa shape index (κ1) is 20.8. The first-order valence-corrected chi connectivity index (χ1v) is 10.4. The maximum absolute atomic E-state index is 13.4. The molecule has 2 aromatic rings. The van der Waals surface area contributed by atoms with Crippen LogP contribution < -0.4 is 9.80 Å². The van der Waals surface area contributed by atoms with E-state index in [4.69, 9.17) is 0 Å². The van der Waals surface area contributed by atoms with Gasteiger partial charge in [-0.1, -0.05) is 0 Å². The summed E-state index contributed by atoms with van der Waals surface area (Å²) < 4.78 is 64.2. The summed E-state index contributed by atoms with van der Waals surface area (Å²) in [5.74, 6) is 0.259. The van der Waals surface area contributed by atoms with E-state index in [1.807, 2.05) is 0 Å². The average Bonchev–Trinajstić information content (AvgIpc) is 2.66. The van der Waals surface area contributed by atoms with E-state index in [1.165, 1.54) is 23.2 Å². The highest BCUT2D eigenvalue weighted by Crippen LogP contribution is 2.39. The molecule has 0 amide bonds. The number of hydrogen-bond donors (Lipinski definition) is 0. The van der Waals surface area contributed by atoms with Crippen LogP contribution in [0.15, 0.2) is 41.4 Å². The summed E-state index contributed by atoms with van der Waals surface area (Å²) in [5, 5.41) is 10.8. The molecule has 8 nitrogen and oxygen atoms in total. The van der Waals surface area contributed by atoms with Crippen molar-refractivity contribution in [1.29, 1.82) is 0 Å². The number of pyridine rings is 1. The maximum atomic E-state index is 13.4. The Balaban J connectivity index is 1.86. The quantitative estimate of drug-likeness (QED) is 0.544. The largest absolute Gasteiger partial charge is 0.418 e. The van der Waals surface area contributed by atoms with Crippen LogP contribution in [0.5, 0.6) is 0 Å². The summed E-state index contributed by atoms with van der Waals surface area (Å²) in [5.41, 5.74) is -1.85. The molecule has 1 aromatic heterocycles. The summed E-state index contributed by atoms with van der Waals surface area (Å²) in [6.45, 7) is 0.822. The van der Waals surface area contributed by atoms with E-state index in [9.17, 15) is 31.7 Å². The molecule has 1 aromatic carbocycles. The van der Waals surface area contributed by atoms with Gasteiger partial charge < -0.3 is 9.80 Å². The molecule has 0 N–H and O–H groups in total. The predicted octanol–water partition coefficient (Wildman–Crippen LogP) is 2.74. The van der Waals surface area contributed by atoms with Crippen molar-refractivity contribution in [2.24, 2.45) is 0 Å². The second-order valence-corrected chi connectivity index (χ2v) is 8.51. The fraction of sp³-hybridized carbons (Fsp3) is 0.353. The highest BCUT2D eigenvalue weighted by molar-refractivity contribution is 7.90. The van der Waals surface area contributed by atoms with Gasteiger partial charge in [0.25, 0.3) is 5.69 Å². The minimum absolute atomic E-state index is 0.0553. The van der Waals surface area contributed by atoms with Gasteiger partial charge in [-0.15, -0.1) is 0 Å². The molecule has 0 atom stereocenters. The number of nitro benzene ring substituents is 1. The van der Waals surface area contributed by atoms with Crippen molar-refractivity contribution in [3.8, 4) is 0 Å². The summed E-state index contributed by atoms with van der Waals surface area (Å²) in [6, 6.07) is 5.60. The smallest absolute Gasteiger partial charge is 0.367 e. The molecule has 156 valence electrons. The lowest BCUT2D eigenvalue weighted by Gasteiger charge is -2.38. The van der Waals surface area contributed by atoms with Crippen LogP contribution in [-0.4, -0.2) is 50.8 Å². The van der Waals surface area contributed by atoms with E-state index in [2.05, 4.69) is 4.98 Å². The van der Waals surface area contributed by atoms with Crippen molar-refractivity contribution in [1.82, 2.24) is 4.98 Å². The van der Waals surface area contributed by atoms with Gasteiger partial charge in [0.15, 0.2) is 9.84 Å². The van der Waals surface area contributed by atoms with E-state index in [0.29, 0.717) is 6.07 Å². The number of nitrogens with zero attached hydrogens (tertiary/aromatic N) is 4. The van der Waals surface area contributed by atoms with Crippen molar-refractivity contribution in [2.45, 2.75) is 11.1 Å². The molecule has 0 bridgehead atoms.